The van der Waals surface area contributed by atoms with Gasteiger partial charge in [0.15, 0.2) is 0 Å². The summed E-state index contributed by atoms with van der Waals surface area (Å²) in [5, 5.41) is 5.61. The number of aldehydes is 1. The van der Waals surface area contributed by atoms with E-state index in [-0.39, 0.29) is 12.3 Å². The Kier molecular flexibility index (Phi) is 8.01. The molecule has 1 atom stereocenters. The van der Waals surface area contributed by atoms with Crippen molar-refractivity contribution in [3.8, 4) is 0 Å². The van der Waals surface area contributed by atoms with Gasteiger partial charge in [-0.3, -0.25) is 4.79 Å². The highest BCUT2D eigenvalue weighted by Gasteiger charge is 2.10. The molecule has 0 saturated heterocycles. The maximum absolute atomic E-state index is 11.1. The van der Waals surface area contributed by atoms with Crippen LogP contribution in [0.15, 0.2) is 0 Å². The van der Waals surface area contributed by atoms with Gasteiger partial charge in [0.2, 0.25) is 5.91 Å². The zero-order chi connectivity index (χ0) is 10.8. The molecule has 1 unspecified atom stereocenters. The summed E-state index contributed by atoms with van der Waals surface area (Å²) in [5.74, 6) is -0.299. The van der Waals surface area contributed by atoms with Crippen LogP contribution >= 0.6 is 0 Å². The zero-order valence-electron chi connectivity index (χ0n) is 8.16. The standard InChI is InChI=1S/C8H18N4O2/c9-2-3-11-4-5-12-8(14)7(10)1-6-13/h6-7,11H,1-5,9-10H2,(H,12,14). The Morgan fingerprint density at radius 3 is 2.64 bits per heavy atom. The molecule has 0 aliphatic rings. The van der Waals surface area contributed by atoms with Gasteiger partial charge in [-0.25, -0.2) is 0 Å². The lowest BCUT2D eigenvalue weighted by molar-refractivity contribution is -0.123. The first kappa shape index (κ1) is 13.0. The van der Waals surface area contributed by atoms with Gasteiger partial charge in [-0.05, 0) is 0 Å². The Morgan fingerprint density at radius 1 is 1.36 bits per heavy atom. The molecular formula is C8H18N4O2. The normalized spacial score (nSPS) is 12.1. The van der Waals surface area contributed by atoms with E-state index >= 15 is 0 Å². The van der Waals surface area contributed by atoms with E-state index in [4.69, 9.17) is 11.5 Å². The minimum absolute atomic E-state index is 0.0576. The summed E-state index contributed by atoms with van der Waals surface area (Å²) in [7, 11) is 0. The van der Waals surface area contributed by atoms with Crippen LogP contribution in [0.1, 0.15) is 6.42 Å². The van der Waals surface area contributed by atoms with Crippen molar-refractivity contribution in [2.24, 2.45) is 11.5 Å². The second kappa shape index (κ2) is 8.61. The number of rotatable bonds is 8. The summed E-state index contributed by atoms with van der Waals surface area (Å²) >= 11 is 0. The monoisotopic (exact) mass is 202 g/mol. The zero-order valence-corrected chi connectivity index (χ0v) is 8.16. The fourth-order valence-electron chi connectivity index (χ4n) is 0.843. The molecule has 1 amide bonds. The van der Waals surface area contributed by atoms with Crippen molar-refractivity contribution < 1.29 is 9.59 Å². The van der Waals surface area contributed by atoms with Crippen molar-refractivity contribution in [1.82, 2.24) is 10.6 Å². The summed E-state index contributed by atoms with van der Waals surface area (Å²) in [4.78, 5) is 21.2. The SMILES string of the molecule is NCCNCCNC(=O)C(N)CC=O. The molecule has 82 valence electrons. The van der Waals surface area contributed by atoms with Gasteiger partial charge in [-0.1, -0.05) is 0 Å². The molecule has 0 saturated carbocycles. The molecule has 0 spiro atoms. The first-order chi connectivity index (χ1) is 6.72. The first-order valence-corrected chi connectivity index (χ1v) is 4.60. The van der Waals surface area contributed by atoms with E-state index in [0.29, 0.717) is 25.9 Å². The summed E-state index contributed by atoms with van der Waals surface area (Å²) in [6, 6.07) is -0.734. The van der Waals surface area contributed by atoms with E-state index in [1.807, 2.05) is 0 Å². The molecule has 0 rings (SSSR count). The largest absolute Gasteiger partial charge is 0.353 e. The predicted octanol–water partition coefficient (Wildman–Crippen LogP) is -2.43. The second-order valence-corrected chi connectivity index (χ2v) is 2.84. The quantitative estimate of drug-likeness (QED) is 0.258. The molecule has 0 aliphatic carbocycles. The third kappa shape index (κ3) is 6.53. The molecule has 0 radical (unpaired) electrons. The van der Waals surface area contributed by atoms with Gasteiger partial charge in [0.05, 0.1) is 6.04 Å². The van der Waals surface area contributed by atoms with E-state index in [1.165, 1.54) is 0 Å². The van der Waals surface area contributed by atoms with Crippen LogP contribution < -0.4 is 22.1 Å². The van der Waals surface area contributed by atoms with E-state index in [0.717, 1.165) is 6.54 Å². The van der Waals surface area contributed by atoms with Crippen LogP contribution in [-0.2, 0) is 9.59 Å². The fourth-order valence-corrected chi connectivity index (χ4v) is 0.843. The number of nitrogens with two attached hydrogens (primary N) is 2. The topological polar surface area (TPSA) is 110 Å². The van der Waals surface area contributed by atoms with Crippen molar-refractivity contribution in [2.75, 3.05) is 26.2 Å². The summed E-state index contributed by atoms with van der Waals surface area (Å²) in [5.41, 5.74) is 10.6. The van der Waals surface area contributed by atoms with Crippen LogP contribution in [0.4, 0.5) is 0 Å². The van der Waals surface area contributed by atoms with Crippen molar-refractivity contribution in [3.63, 3.8) is 0 Å². The molecule has 6 nitrogen and oxygen atoms in total. The molecule has 0 bridgehead atoms. The molecule has 0 aromatic heterocycles. The maximum Gasteiger partial charge on any atom is 0.237 e. The highest BCUT2D eigenvalue weighted by atomic mass is 16.2. The number of carbonyl (C=O) groups is 2. The van der Waals surface area contributed by atoms with Crippen LogP contribution in [0.3, 0.4) is 0 Å². The van der Waals surface area contributed by atoms with Gasteiger partial charge >= 0.3 is 0 Å². The average molecular weight is 202 g/mol. The second-order valence-electron chi connectivity index (χ2n) is 2.84. The number of amides is 1. The van der Waals surface area contributed by atoms with E-state index in [1.54, 1.807) is 0 Å². The predicted molar refractivity (Wildman–Crippen MR) is 53.6 cm³/mol. The fraction of sp³-hybridized carbons (Fsp3) is 0.750. The maximum atomic E-state index is 11.1. The average Bonchev–Trinajstić information content (AvgIpc) is 2.17. The molecule has 0 heterocycles. The Balaban J connectivity index is 3.38. The highest BCUT2D eigenvalue weighted by Crippen LogP contribution is 1.82. The first-order valence-electron chi connectivity index (χ1n) is 4.60. The van der Waals surface area contributed by atoms with Crippen LogP contribution in [0, 0.1) is 0 Å². The molecule has 0 aromatic rings. The highest BCUT2D eigenvalue weighted by molar-refractivity contribution is 5.83. The Hall–Kier alpha value is -0.980. The minimum atomic E-state index is -0.734. The lowest BCUT2D eigenvalue weighted by atomic mass is 10.2. The van der Waals surface area contributed by atoms with E-state index in [9.17, 15) is 9.59 Å². The smallest absolute Gasteiger partial charge is 0.237 e. The van der Waals surface area contributed by atoms with Crippen LogP contribution in [0.25, 0.3) is 0 Å². The van der Waals surface area contributed by atoms with Crippen LogP contribution in [0.5, 0.6) is 0 Å². The molecule has 0 aromatic carbocycles. The molecule has 6 N–H and O–H groups in total. The third-order valence-corrected chi connectivity index (χ3v) is 1.61. The van der Waals surface area contributed by atoms with Gasteiger partial charge in [0, 0.05) is 32.6 Å². The number of carbonyl (C=O) groups excluding carboxylic acids is 2. The summed E-state index contributed by atoms with van der Waals surface area (Å²) < 4.78 is 0. The number of hydrogen-bond acceptors (Lipinski definition) is 5. The van der Waals surface area contributed by atoms with Crippen LogP contribution in [-0.4, -0.2) is 44.4 Å². The Labute approximate surface area is 83.4 Å². The van der Waals surface area contributed by atoms with Gasteiger partial charge < -0.3 is 26.9 Å². The Morgan fingerprint density at radius 2 is 2.07 bits per heavy atom. The summed E-state index contributed by atoms with van der Waals surface area (Å²) in [6.07, 6.45) is 0.693. The van der Waals surface area contributed by atoms with E-state index < -0.39 is 6.04 Å². The van der Waals surface area contributed by atoms with Gasteiger partial charge in [0.25, 0.3) is 0 Å². The minimum Gasteiger partial charge on any atom is -0.353 e. The molecule has 0 aliphatic heterocycles. The van der Waals surface area contributed by atoms with Crippen molar-refractivity contribution in [3.05, 3.63) is 0 Å². The number of hydrogen-bond donors (Lipinski definition) is 4. The van der Waals surface area contributed by atoms with Gasteiger partial charge in [-0.2, -0.15) is 0 Å². The molecule has 0 fully saturated rings. The van der Waals surface area contributed by atoms with Crippen molar-refractivity contribution in [2.45, 2.75) is 12.5 Å². The molecule has 14 heavy (non-hydrogen) atoms. The van der Waals surface area contributed by atoms with Gasteiger partial charge in [-0.15, -0.1) is 0 Å². The van der Waals surface area contributed by atoms with Crippen molar-refractivity contribution in [1.29, 1.82) is 0 Å². The third-order valence-electron chi connectivity index (χ3n) is 1.61. The van der Waals surface area contributed by atoms with Crippen molar-refractivity contribution >= 4 is 12.2 Å². The number of nitrogens with one attached hydrogen (secondary N) is 2. The lowest BCUT2D eigenvalue weighted by Gasteiger charge is -2.09. The summed E-state index contributed by atoms with van der Waals surface area (Å²) in [6.45, 7) is 2.43. The molecular weight excluding hydrogens is 184 g/mol. The van der Waals surface area contributed by atoms with E-state index in [2.05, 4.69) is 10.6 Å². The molecule has 6 heteroatoms. The van der Waals surface area contributed by atoms with Crippen LogP contribution in [0.2, 0.25) is 0 Å². The lowest BCUT2D eigenvalue weighted by Crippen LogP contribution is -2.43. The van der Waals surface area contributed by atoms with Gasteiger partial charge in [0.1, 0.15) is 6.29 Å². The Bertz CT molecular complexity index is 175.